The maximum atomic E-state index is 11.9. The summed E-state index contributed by atoms with van der Waals surface area (Å²) in [5.41, 5.74) is 1.74. The van der Waals surface area contributed by atoms with E-state index in [9.17, 15) is 15.0 Å². The van der Waals surface area contributed by atoms with Gasteiger partial charge in [-0.05, 0) is 34.2 Å². The highest BCUT2D eigenvalue weighted by Gasteiger charge is 2.47. The molecule has 0 aliphatic carbocycles. The second kappa shape index (κ2) is 8.59. The summed E-state index contributed by atoms with van der Waals surface area (Å²) in [5.74, 6) is -0.0515. The molecular formula is C18H18ClIN6O4. The number of carbonyl (C=O) groups excluding carboxylic acids is 1. The van der Waals surface area contributed by atoms with Crippen molar-refractivity contribution in [1.29, 1.82) is 0 Å². The third-order valence-electron chi connectivity index (χ3n) is 4.85. The van der Waals surface area contributed by atoms with Crippen molar-refractivity contribution < 1.29 is 19.7 Å². The van der Waals surface area contributed by atoms with Crippen molar-refractivity contribution in [3.63, 3.8) is 0 Å². The Bertz CT molecular complexity index is 1100. The van der Waals surface area contributed by atoms with Crippen LogP contribution in [-0.4, -0.2) is 61.0 Å². The number of nitrogens with one attached hydrogen (secondary N) is 2. The van der Waals surface area contributed by atoms with Crippen molar-refractivity contribution in [1.82, 2.24) is 24.8 Å². The lowest BCUT2D eigenvalue weighted by molar-refractivity contribution is -0.137. The number of hydrogen-bond donors (Lipinski definition) is 4. The number of rotatable bonds is 5. The first-order valence-electron chi connectivity index (χ1n) is 9.00. The summed E-state index contributed by atoms with van der Waals surface area (Å²) in [6.45, 7) is 0.425. The zero-order chi connectivity index (χ0) is 21.4. The molecule has 4 rings (SSSR count). The van der Waals surface area contributed by atoms with Crippen molar-refractivity contribution in [3.05, 3.63) is 45.0 Å². The number of likely N-dealkylation sites (N-methyl/N-ethyl adjacent to an activating group) is 1. The second-order valence-electron chi connectivity index (χ2n) is 6.66. The van der Waals surface area contributed by atoms with Gasteiger partial charge in [0.1, 0.15) is 18.5 Å². The van der Waals surface area contributed by atoms with E-state index in [0.29, 0.717) is 28.5 Å². The molecule has 3 aromatic rings. The van der Waals surface area contributed by atoms with E-state index in [1.54, 1.807) is 0 Å². The molecule has 0 saturated carbocycles. The van der Waals surface area contributed by atoms with Gasteiger partial charge in [-0.15, -0.1) is 0 Å². The first-order chi connectivity index (χ1) is 14.4. The van der Waals surface area contributed by atoms with Gasteiger partial charge in [0.2, 0.25) is 0 Å². The highest BCUT2D eigenvalue weighted by atomic mass is 127. The Kier molecular flexibility index (Phi) is 6.06. The molecule has 0 unspecified atom stereocenters. The minimum Gasteiger partial charge on any atom is -0.387 e. The number of hydrogen-bond acceptors (Lipinski definition) is 8. The Morgan fingerprint density at radius 2 is 2.10 bits per heavy atom. The minimum absolute atomic E-state index is 0.384. The predicted octanol–water partition coefficient (Wildman–Crippen LogP) is 1.06. The molecule has 3 heterocycles. The second-order valence-corrected chi connectivity index (χ2v) is 8.20. The topological polar surface area (TPSA) is 134 Å². The van der Waals surface area contributed by atoms with Crippen LogP contribution in [0.1, 0.15) is 11.8 Å². The van der Waals surface area contributed by atoms with Crippen LogP contribution in [0.4, 0.5) is 5.82 Å². The number of fused-ring (bicyclic) bond motifs is 1. The molecule has 10 nitrogen and oxygen atoms in total. The zero-order valence-corrected chi connectivity index (χ0v) is 18.6. The molecule has 1 aromatic carbocycles. The van der Waals surface area contributed by atoms with Crippen LogP contribution in [0, 0.1) is 3.57 Å². The molecular weight excluding hydrogens is 527 g/mol. The van der Waals surface area contributed by atoms with E-state index in [2.05, 4.69) is 48.2 Å². The number of nitrogens with zero attached hydrogens (tertiary/aromatic N) is 4. The van der Waals surface area contributed by atoms with Crippen LogP contribution >= 0.6 is 34.2 Å². The number of aliphatic hydroxyl groups is 2. The predicted molar refractivity (Wildman–Crippen MR) is 117 cm³/mol. The van der Waals surface area contributed by atoms with E-state index in [1.807, 2.05) is 18.2 Å². The van der Waals surface area contributed by atoms with Gasteiger partial charge in [-0.1, -0.05) is 23.7 Å². The number of aliphatic hydroxyl groups excluding tert-OH is 2. The van der Waals surface area contributed by atoms with Crippen LogP contribution in [-0.2, 0) is 16.1 Å². The smallest absolute Gasteiger partial charge is 0.251 e. The number of ether oxygens (including phenoxy) is 1. The summed E-state index contributed by atoms with van der Waals surface area (Å²) < 4.78 is 8.02. The van der Waals surface area contributed by atoms with Gasteiger partial charge in [-0.3, -0.25) is 9.36 Å². The number of halogens is 2. The fourth-order valence-corrected chi connectivity index (χ4v) is 4.03. The Labute approximate surface area is 189 Å². The van der Waals surface area contributed by atoms with Crippen LogP contribution in [0.15, 0.2) is 30.9 Å². The monoisotopic (exact) mass is 544 g/mol. The van der Waals surface area contributed by atoms with Crippen LogP contribution in [0.5, 0.6) is 0 Å². The van der Waals surface area contributed by atoms with Gasteiger partial charge < -0.3 is 25.6 Å². The van der Waals surface area contributed by atoms with Gasteiger partial charge >= 0.3 is 0 Å². The first kappa shape index (κ1) is 21.2. The van der Waals surface area contributed by atoms with Crippen LogP contribution in [0.3, 0.4) is 0 Å². The van der Waals surface area contributed by atoms with E-state index in [0.717, 1.165) is 9.13 Å². The summed E-state index contributed by atoms with van der Waals surface area (Å²) in [6, 6.07) is 5.75. The van der Waals surface area contributed by atoms with Gasteiger partial charge in [0.15, 0.2) is 29.3 Å². The third-order valence-corrected chi connectivity index (χ3v) is 6.52. The van der Waals surface area contributed by atoms with E-state index in [4.69, 9.17) is 16.3 Å². The van der Waals surface area contributed by atoms with Gasteiger partial charge in [0.05, 0.1) is 11.3 Å². The van der Waals surface area contributed by atoms with E-state index < -0.39 is 30.4 Å². The molecule has 4 N–H and O–H groups in total. The summed E-state index contributed by atoms with van der Waals surface area (Å²) in [7, 11) is 1.43. The molecule has 1 amide bonds. The standard InChI is InChI=1S/C18H18ClIN6O4/c1-21-17(29)14-12(27)13(28)18(30-14)26-7-25-11-15(23-6-24-16(11)26)22-5-8-3-2-4-9(20)10(8)19/h2-4,6-7,12-14,18,27-28H,5H2,1H3,(H,21,29)(H,22,23,24)/t12-,13+,14-,18+/m0/s1. The molecule has 30 heavy (non-hydrogen) atoms. The molecule has 12 heteroatoms. The van der Waals surface area contributed by atoms with Gasteiger partial charge in [-0.2, -0.15) is 0 Å². The summed E-state index contributed by atoms with van der Waals surface area (Å²) in [6.07, 6.45) is -2.16. The Morgan fingerprint density at radius 3 is 2.87 bits per heavy atom. The normalized spacial score (nSPS) is 23.6. The van der Waals surface area contributed by atoms with Crippen molar-refractivity contribution in [2.45, 2.75) is 31.1 Å². The quantitative estimate of drug-likeness (QED) is 0.351. The summed E-state index contributed by atoms with van der Waals surface area (Å²) >= 11 is 8.52. The lowest BCUT2D eigenvalue weighted by atomic mass is 10.1. The van der Waals surface area contributed by atoms with Crippen molar-refractivity contribution in [3.8, 4) is 0 Å². The van der Waals surface area contributed by atoms with E-state index in [-0.39, 0.29) is 0 Å². The summed E-state index contributed by atoms with van der Waals surface area (Å²) in [5, 5.41) is 26.9. The Morgan fingerprint density at radius 1 is 1.30 bits per heavy atom. The highest BCUT2D eigenvalue weighted by molar-refractivity contribution is 14.1. The number of anilines is 1. The van der Waals surface area contributed by atoms with Gasteiger partial charge in [-0.25, -0.2) is 15.0 Å². The SMILES string of the molecule is CNC(=O)[C@H]1O[C@@H](n2cnc3c(NCc4cccc(I)c4Cl)ncnc32)[C@H](O)[C@@H]1O. The number of aromatic nitrogens is 4. The molecule has 0 bridgehead atoms. The Balaban J connectivity index is 1.61. The van der Waals surface area contributed by atoms with Crippen LogP contribution in [0.2, 0.25) is 5.02 Å². The highest BCUT2D eigenvalue weighted by Crippen LogP contribution is 2.32. The Hall–Kier alpha value is -2.06. The average Bonchev–Trinajstić information content (AvgIpc) is 3.30. The summed E-state index contributed by atoms with van der Waals surface area (Å²) in [4.78, 5) is 24.7. The van der Waals surface area contributed by atoms with E-state index >= 15 is 0 Å². The minimum atomic E-state index is -1.38. The number of benzene rings is 1. The maximum absolute atomic E-state index is 11.9. The molecule has 1 aliphatic rings. The number of amides is 1. The molecule has 1 aliphatic heterocycles. The zero-order valence-electron chi connectivity index (χ0n) is 15.7. The molecule has 158 valence electrons. The molecule has 1 saturated heterocycles. The van der Waals surface area contributed by atoms with Crippen molar-refractivity contribution in [2.24, 2.45) is 0 Å². The fraction of sp³-hybridized carbons (Fsp3) is 0.333. The maximum Gasteiger partial charge on any atom is 0.251 e. The molecule has 2 aromatic heterocycles. The molecule has 4 atom stereocenters. The molecule has 0 radical (unpaired) electrons. The van der Waals surface area contributed by atoms with Crippen molar-refractivity contribution in [2.75, 3.05) is 12.4 Å². The van der Waals surface area contributed by atoms with Gasteiger partial charge in [0.25, 0.3) is 5.91 Å². The fourth-order valence-electron chi connectivity index (χ4n) is 3.28. The van der Waals surface area contributed by atoms with Crippen LogP contribution < -0.4 is 10.6 Å². The largest absolute Gasteiger partial charge is 0.387 e. The molecule has 0 spiro atoms. The lowest BCUT2D eigenvalue weighted by Gasteiger charge is -2.16. The average molecular weight is 545 g/mol. The number of carbonyl (C=O) groups is 1. The first-order valence-corrected chi connectivity index (χ1v) is 10.5. The third kappa shape index (κ3) is 3.71. The van der Waals surface area contributed by atoms with Gasteiger partial charge in [0, 0.05) is 17.2 Å². The van der Waals surface area contributed by atoms with Crippen LogP contribution in [0.25, 0.3) is 11.2 Å². The van der Waals surface area contributed by atoms with E-state index in [1.165, 1.54) is 24.3 Å². The number of imidazole rings is 1. The van der Waals surface area contributed by atoms with Crippen molar-refractivity contribution >= 4 is 57.1 Å². The lowest BCUT2D eigenvalue weighted by Crippen LogP contribution is -2.41. The molecule has 1 fully saturated rings.